The predicted molar refractivity (Wildman–Crippen MR) is 105 cm³/mol. The van der Waals surface area contributed by atoms with Crippen LogP contribution >= 0.6 is 0 Å². The van der Waals surface area contributed by atoms with Crippen LogP contribution in [0.25, 0.3) is 0 Å². The van der Waals surface area contributed by atoms with Crippen molar-refractivity contribution < 1.29 is 27.2 Å². The van der Waals surface area contributed by atoms with Gasteiger partial charge in [0.2, 0.25) is 15.9 Å². The van der Waals surface area contributed by atoms with Gasteiger partial charge in [-0.15, -0.1) is 0 Å². The summed E-state index contributed by atoms with van der Waals surface area (Å²) in [5, 5.41) is 2.44. The monoisotopic (exact) mass is 419 g/mol. The quantitative estimate of drug-likeness (QED) is 0.721. The van der Waals surface area contributed by atoms with Gasteiger partial charge in [-0.25, -0.2) is 12.8 Å². The third-order valence-electron chi connectivity index (χ3n) is 4.38. The van der Waals surface area contributed by atoms with Gasteiger partial charge in [0, 0.05) is 6.07 Å². The van der Waals surface area contributed by atoms with E-state index in [1.165, 1.54) is 19.1 Å². The van der Waals surface area contributed by atoms with E-state index in [2.05, 4.69) is 10.0 Å². The second kappa shape index (κ2) is 7.28. The number of fused-ring (bicyclic) bond motifs is 1. The Labute approximate surface area is 166 Å². The van der Waals surface area contributed by atoms with Crippen molar-refractivity contribution in [1.29, 1.82) is 0 Å². The standard InChI is InChI=1S/C19H18FN3O5S/c1-10-4-6-13-14(8-10)19(26)23(18(13)25)11(2)17(24)21-15-7-5-12(20)9-16(15)22-29(3,27)28/h4-9,11,22H,1-3H3,(H,21,24). The maximum atomic E-state index is 13.5. The van der Waals surface area contributed by atoms with Gasteiger partial charge in [0.05, 0.1) is 28.8 Å². The van der Waals surface area contributed by atoms with E-state index in [1.54, 1.807) is 19.1 Å². The first-order valence-electron chi connectivity index (χ1n) is 8.54. The molecule has 8 nitrogen and oxygen atoms in total. The molecule has 10 heteroatoms. The Hall–Kier alpha value is -3.27. The van der Waals surface area contributed by atoms with Gasteiger partial charge in [-0.1, -0.05) is 11.6 Å². The summed E-state index contributed by atoms with van der Waals surface area (Å²) in [6, 6.07) is 6.75. The first kappa shape index (κ1) is 20.5. The summed E-state index contributed by atoms with van der Waals surface area (Å²) in [5.74, 6) is -2.64. The maximum absolute atomic E-state index is 13.5. The highest BCUT2D eigenvalue weighted by atomic mass is 32.2. The number of sulfonamides is 1. The maximum Gasteiger partial charge on any atom is 0.262 e. The molecule has 0 fully saturated rings. The van der Waals surface area contributed by atoms with E-state index in [-0.39, 0.29) is 22.5 Å². The van der Waals surface area contributed by atoms with Crippen molar-refractivity contribution in [3.8, 4) is 0 Å². The minimum absolute atomic E-state index is 0.0128. The Morgan fingerprint density at radius 1 is 1.03 bits per heavy atom. The molecule has 3 amide bonds. The molecule has 1 aliphatic heterocycles. The molecule has 3 rings (SSSR count). The molecule has 1 heterocycles. The Bertz CT molecular complexity index is 1150. The molecule has 2 N–H and O–H groups in total. The van der Waals surface area contributed by atoms with Gasteiger partial charge in [0.25, 0.3) is 11.8 Å². The number of halogens is 1. The molecule has 0 saturated carbocycles. The highest BCUT2D eigenvalue weighted by Gasteiger charge is 2.41. The van der Waals surface area contributed by atoms with Crippen LogP contribution in [0.1, 0.15) is 33.2 Å². The Kier molecular flexibility index (Phi) is 5.14. The number of imide groups is 1. The summed E-state index contributed by atoms with van der Waals surface area (Å²) in [4.78, 5) is 38.8. The van der Waals surface area contributed by atoms with Crippen LogP contribution in [0.3, 0.4) is 0 Å². The Balaban J connectivity index is 1.86. The summed E-state index contributed by atoms with van der Waals surface area (Å²) in [5.41, 5.74) is 1.04. The van der Waals surface area contributed by atoms with Crippen LogP contribution in [0.5, 0.6) is 0 Å². The molecule has 0 aliphatic carbocycles. The van der Waals surface area contributed by atoms with E-state index in [0.29, 0.717) is 0 Å². The molecule has 29 heavy (non-hydrogen) atoms. The van der Waals surface area contributed by atoms with Crippen LogP contribution in [0.2, 0.25) is 0 Å². The van der Waals surface area contributed by atoms with Crippen LogP contribution in [0.4, 0.5) is 15.8 Å². The highest BCUT2D eigenvalue weighted by Crippen LogP contribution is 2.28. The number of amides is 3. The molecule has 2 aromatic carbocycles. The van der Waals surface area contributed by atoms with Crippen LogP contribution in [0, 0.1) is 12.7 Å². The minimum Gasteiger partial charge on any atom is -0.322 e. The van der Waals surface area contributed by atoms with Crippen molar-refractivity contribution >= 4 is 39.1 Å². The number of aryl methyl sites for hydroxylation is 1. The molecule has 0 spiro atoms. The molecule has 1 aliphatic rings. The Morgan fingerprint density at radius 3 is 2.34 bits per heavy atom. The molecule has 1 atom stereocenters. The van der Waals surface area contributed by atoms with Crippen molar-refractivity contribution in [3.05, 3.63) is 58.9 Å². The zero-order chi connectivity index (χ0) is 21.5. The predicted octanol–water partition coefficient (Wildman–Crippen LogP) is 2.13. The second-order valence-electron chi connectivity index (χ2n) is 6.76. The molecule has 2 aromatic rings. The topological polar surface area (TPSA) is 113 Å². The number of rotatable bonds is 5. The Morgan fingerprint density at radius 2 is 1.69 bits per heavy atom. The number of hydrogen-bond acceptors (Lipinski definition) is 5. The van der Waals surface area contributed by atoms with Gasteiger partial charge in [0.15, 0.2) is 0 Å². The van der Waals surface area contributed by atoms with Gasteiger partial charge in [-0.05, 0) is 38.1 Å². The van der Waals surface area contributed by atoms with Crippen LogP contribution in [-0.4, -0.2) is 43.3 Å². The first-order chi connectivity index (χ1) is 13.5. The van der Waals surface area contributed by atoms with Crippen molar-refractivity contribution in [1.82, 2.24) is 4.90 Å². The molecule has 152 valence electrons. The lowest BCUT2D eigenvalue weighted by Gasteiger charge is -2.22. The van der Waals surface area contributed by atoms with Gasteiger partial charge >= 0.3 is 0 Å². The lowest BCUT2D eigenvalue weighted by atomic mass is 10.1. The molecule has 0 radical (unpaired) electrons. The zero-order valence-electron chi connectivity index (χ0n) is 15.8. The summed E-state index contributed by atoms with van der Waals surface area (Å²) < 4.78 is 38.6. The smallest absolute Gasteiger partial charge is 0.262 e. The fourth-order valence-electron chi connectivity index (χ4n) is 2.99. The number of carbonyl (C=O) groups is 3. The molecule has 0 aromatic heterocycles. The van der Waals surface area contributed by atoms with E-state index in [9.17, 15) is 27.2 Å². The number of anilines is 2. The van der Waals surface area contributed by atoms with E-state index in [1.807, 2.05) is 0 Å². The molecular formula is C19H18FN3O5S. The van der Waals surface area contributed by atoms with Gasteiger partial charge in [-0.2, -0.15) is 0 Å². The zero-order valence-corrected chi connectivity index (χ0v) is 16.6. The number of carbonyl (C=O) groups excluding carboxylic acids is 3. The normalized spacial score (nSPS) is 14.6. The van der Waals surface area contributed by atoms with Crippen molar-refractivity contribution in [3.63, 3.8) is 0 Å². The van der Waals surface area contributed by atoms with E-state index in [0.717, 1.165) is 28.9 Å². The lowest BCUT2D eigenvalue weighted by Crippen LogP contribution is -2.45. The highest BCUT2D eigenvalue weighted by molar-refractivity contribution is 7.92. The van der Waals surface area contributed by atoms with E-state index >= 15 is 0 Å². The number of hydrogen-bond donors (Lipinski definition) is 2. The first-order valence-corrected chi connectivity index (χ1v) is 10.4. The number of benzene rings is 2. The third-order valence-corrected chi connectivity index (χ3v) is 4.97. The molecule has 1 unspecified atom stereocenters. The van der Waals surface area contributed by atoms with Gasteiger partial charge in [0.1, 0.15) is 11.9 Å². The molecule has 0 saturated heterocycles. The van der Waals surface area contributed by atoms with Gasteiger partial charge < -0.3 is 5.32 Å². The molecule has 0 bridgehead atoms. The van der Waals surface area contributed by atoms with Crippen LogP contribution < -0.4 is 10.0 Å². The summed E-state index contributed by atoms with van der Waals surface area (Å²) >= 11 is 0. The fourth-order valence-corrected chi connectivity index (χ4v) is 3.56. The summed E-state index contributed by atoms with van der Waals surface area (Å²) in [7, 11) is -3.73. The van der Waals surface area contributed by atoms with Crippen LogP contribution in [-0.2, 0) is 14.8 Å². The number of nitrogens with zero attached hydrogens (tertiary/aromatic N) is 1. The minimum atomic E-state index is -3.73. The SMILES string of the molecule is Cc1ccc2c(c1)C(=O)N(C(C)C(=O)Nc1ccc(F)cc1NS(C)(=O)=O)C2=O. The largest absolute Gasteiger partial charge is 0.322 e. The van der Waals surface area contributed by atoms with Crippen LogP contribution in [0.15, 0.2) is 36.4 Å². The fraction of sp³-hybridized carbons (Fsp3) is 0.211. The third kappa shape index (κ3) is 4.11. The van der Waals surface area contributed by atoms with Crippen molar-refractivity contribution in [2.45, 2.75) is 19.9 Å². The summed E-state index contributed by atoms with van der Waals surface area (Å²) in [6.45, 7) is 3.15. The second-order valence-corrected chi connectivity index (χ2v) is 8.51. The lowest BCUT2D eigenvalue weighted by molar-refractivity contribution is -0.119. The number of nitrogens with one attached hydrogen (secondary N) is 2. The average molecular weight is 419 g/mol. The average Bonchev–Trinajstić information content (AvgIpc) is 2.85. The van der Waals surface area contributed by atoms with Crippen molar-refractivity contribution in [2.75, 3.05) is 16.3 Å². The van der Waals surface area contributed by atoms with E-state index < -0.39 is 39.6 Å². The molecular weight excluding hydrogens is 401 g/mol. The van der Waals surface area contributed by atoms with Gasteiger partial charge in [-0.3, -0.25) is 24.0 Å². The summed E-state index contributed by atoms with van der Waals surface area (Å²) in [6.07, 6.45) is 0.882. The van der Waals surface area contributed by atoms with Crippen molar-refractivity contribution in [2.24, 2.45) is 0 Å². The van der Waals surface area contributed by atoms with E-state index in [4.69, 9.17) is 0 Å².